The minimum Gasteiger partial charge on any atom is -0.495 e. The normalized spacial score (nSPS) is 11.2. The first-order valence-corrected chi connectivity index (χ1v) is 9.93. The monoisotopic (exact) mass is 432 g/mol. The fourth-order valence-corrected chi connectivity index (χ4v) is 3.98. The molecule has 29 heavy (non-hydrogen) atoms. The molecule has 0 radical (unpaired) electrons. The molecule has 0 unspecified atom stereocenters. The number of carbonyl (C=O) groups excluding carboxylic acids is 1. The number of hydrogen-bond donors (Lipinski definition) is 1. The van der Waals surface area contributed by atoms with E-state index < -0.39 is 0 Å². The lowest BCUT2D eigenvalue weighted by Gasteiger charge is -2.13. The molecule has 0 fully saturated rings. The number of rotatable bonds is 6. The number of thioether (sulfide) groups is 1. The fourth-order valence-electron chi connectivity index (χ4n) is 2.99. The van der Waals surface area contributed by atoms with E-state index in [1.807, 2.05) is 23.5 Å². The van der Waals surface area contributed by atoms with E-state index in [4.69, 9.17) is 25.5 Å². The minimum atomic E-state index is -0.232. The molecule has 10 heteroatoms. The number of nitrogens with one attached hydrogen (secondary N) is 1. The van der Waals surface area contributed by atoms with Crippen molar-refractivity contribution in [2.24, 2.45) is 0 Å². The van der Waals surface area contributed by atoms with Gasteiger partial charge in [-0.2, -0.15) is 0 Å². The maximum Gasteiger partial charge on any atom is 0.234 e. The molecule has 0 saturated carbocycles. The highest BCUT2D eigenvalue weighted by molar-refractivity contribution is 8.00. The summed E-state index contributed by atoms with van der Waals surface area (Å²) in [6.45, 7) is 1.89. The lowest BCUT2D eigenvalue weighted by atomic mass is 10.2. The van der Waals surface area contributed by atoms with Gasteiger partial charge in [-0.15, -0.1) is 10.2 Å². The third-order valence-corrected chi connectivity index (χ3v) is 5.54. The molecular formula is C19H17ClN4O4S. The Bertz CT molecular complexity index is 1220. The first kappa shape index (κ1) is 19.4. The summed E-state index contributed by atoms with van der Waals surface area (Å²) in [6.07, 6.45) is 1.63. The Labute approximate surface area is 175 Å². The number of methoxy groups -OCH3 is 2. The molecule has 3 aromatic heterocycles. The minimum absolute atomic E-state index is 0.132. The quantitative estimate of drug-likeness (QED) is 0.457. The van der Waals surface area contributed by atoms with Gasteiger partial charge in [0.25, 0.3) is 0 Å². The van der Waals surface area contributed by atoms with E-state index in [2.05, 4.69) is 15.5 Å². The molecular weight excluding hydrogens is 416 g/mol. The molecule has 0 aliphatic carbocycles. The zero-order valence-corrected chi connectivity index (χ0v) is 17.4. The molecule has 0 atom stereocenters. The van der Waals surface area contributed by atoms with Gasteiger partial charge in [0.2, 0.25) is 5.91 Å². The van der Waals surface area contributed by atoms with Gasteiger partial charge in [-0.1, -0.05) is 23.4 Å². The topological polar surface area (TPSA) is 90.9 Å². The predicted octanol–water partition coefficient (Wildman–Crippen LogP) is 4.19. The van der Waals surface area contributed by atoms with Gasteiger partial charge >= 0.3 is 0 Å². The van der Waals surface area contributed by atoms with Crippen molar-refractivity contribution < 1.29 is 18.7 Å². The van der Waals surface area contributed by atoms with Gasteiger partial charge in [0, 0.05) is 18.2 Å². The van der Waals surface area contributed by atoms with Crippen molar-refractivity contribution in [1.29, 1.82) is 0 Å². The number of furan rings is 1. The molecule has 1 N–H and O–H groups in total. The summed E-state index contributed by atoms with van der Waals surface area (Å²) in [5, 5.41) is 12.0. The molecule has 1 amide bonds. The number of hydrogen-bond acceptors (Lipinski definition) is 7. The Kier molecular flexibility index (Phi) is 5.25. The first-order valence-electron chi connectivity index (χ1n) is 8.57. The molecule has 0 bridgehead atoms. The van der Waals surface area contributed by atoms with Crippen molar-refractivity contribution in [2.45, 2.75) is 11.9 Å². The summed E-state index contributed by atoms with van der Waals surface area (Å²) in [6, 6.07) is 7.04. The van der Waals surface area contributed by atoms with Crippen LogP contribution in [0.15, 0.2) is 40.0 Å². The van der Waals surface area contributed by atoms with Crippen LogP contribution in [0.5, 0.6) is 11.5 Å². The lowest BCUT2D eigenvalue weighted by molar-refractivity contribution is -0.113. The Balaban J connectivity index is 1.52. The number of fused-ring (bicyclic) bond motifs is 3. The highest BCUT2D eigenvalue weighted by Crippen LogP contribution is 2.36. The van der Waals surface area contributed by atoms with E-state index in [0.717, 1.165) is 22.4 Å². The van der Waals surface area contributed by atoms with Gasteiger partial charge in [-0.3, -0.25) is 9.20 Å². The van der Waals surface area contributed by atoms with Crippen molar-refractivity contribution >= 4 is 51.6 Å². The largest absolute Gasteiger partial charge is 0.495 e. The van der Waals surface area contributed by atoms with Gasteiger partial charge < -0.3 is 19.2 Å². The molecule has 1 aromatic carbocycles. The molecule has 8 nitrogen and oxygen atoms in total. The SMILES string of the molecule is COc1cc(OC)c(NC(=O)CSc2nncn3c2cc2oc(C)cc23)cc1Cl. The summed E-state index contributed by atoms with van der Waals surface area (Å²) in [4.78, 5) is 12.5. The number of aryl methyl sites for hydroxylation is 1. The zero-order valence-electron chi connectivity index (χ0n) is 15.9. The van der Waals surface area contributed by atoms with Crippen molar-refractivity contribution in [3.8, 4) is 11.5 Å². The number of benzene rings is 1. The average Bonchev–Trinajstić information content (AvgIpc) is 3.23. The van der Waals surface area contributed by atoms with E-state index in [0.29, 0.717) is 27.2 Å². The van der Waals surface area contributed by atoms with Crippen LogP contribution in [0.2, 0.25) is 5.02 Å². The standard InChI is InChI=1S/C19H17ClN4O4S/c1-10-4-13-17(28-10)6-14-19(23-21-9-24(13)14)29-8-18(25)22-12-5-11(20)15(26-2)7-16(12)27-3/h4-7,9H,8H2,1-3H3,(H,22,25). The van der Waals surface area contributed by atoms with Gasteiger partial charge in [-0.05, 0) is 13.0 Å². The maximum atomic E-state index is 12.5. The molecule has 0 aliphatic heterocycles. The molecule has 0 saturated heterocycles. The van der Waals surface area contributed by atoms with Gasteiger partial charge in [0.15, 0.2) is 5.58 Å². The second kappa shape index (κ2) is 7.84. The molecule has 0 aliphatic rings. The smallest absolute Gasteiger partial charge is 0.234 e. The number of carbonyl (C=O) groups is 1. The fraction of sp³-hybridized carbons (Fsp3) is 0.211. The van der Waals surface area contributed by atoms with Crippen LogP contribution in [0.3, 0.4) is 0 Å². The second-order valence-corrected chi connectivity index (χ2v) is 7.54. The molecule has 3 heterocycles. The number of ether oxygens (including phenoxy) is 2. The average molecular weight is 433 g/mol. The Morgan fingerprint density at radius 3 is 2.76 bits per heavy atom. The van der Waals surface area contributed by atoms with Crippen LogP contribution in [0.4, 0.5) is 5.69 Å². The van der Waals surface area contributed by atoms with Crippen LogP contribution in [0.1, 0.15) is 5.76 Å². The number of amides is 1. The first-order chi connectivity index (χ1) is 14.0. The number of aromatic nitrogens is 3. The van der Waals surface area contributed by atoms with Crippen molar-refractivity contribution in [1.82, 2.24) is 14.6 Å². The van der Waals surface area contributed by atoms with Crippen LogP contribution < -0.4 is 14.8 Å². The number of anilines is 1. The van der Waals surface area contributed by atoms with Gasteiger partial charge in [0.05, 0.1) is 41.7 Å². The van der Waals surface area contributed by atoms with E-state index in [-0.39, 0.29) is 11.7 Å². The van der Waals surface area contributed by atoms with E-state index in [9.17, 15) is 4.79 Å². The zero-order chi connectivity index (χ0) is 20.5. The van der Waals surface area contributed by atoms with Crippen LogP contribution in [0.25, 0.3) is 16.6 Å². The van der Waals surface area contributed by atoms with Crippen LogP contribution >= 0.6 is 23.4 Å². The molecule has 0 spiro atoms. The highest BCUT2D eigenvalue weighted by atomic mass is 35.5. The maximum absolute atomic E-state index is 12.5. The Hall–Kier alpha value is -2.91. The number of halogens is 1. The second-order valence-electron chi connectivity index (χ2n) is 6.17. The summed E-state index contributed by atoms with van der Waals surface area (Å²) in [5.41, 5.74) is 2.96. The number of nitrogens with zero attached hydrogens (tertiary/aromatic N) is 3. The summed E-state index contributed by atoms with van der Waals surface area (Å²) < 4.78 is 18.0. The molecule has 150 valence electrons. The van der Waals surface area contributed by atoms with Crippen molar-refractivity contribution in [2.75, 3.05) is 25.3 Å². The predicted molar refractivity (Wildman–Crippen MR) is 111 cm³/mol. The third kappa shape index (κ3) is 3.70. The van der Waals surface area contributed by atoms with E-state index >= 15 is 0 Å². The van der Waals surface area contributed by atoms with Crippen molar-refractivity contribution in [3.63, 3.8) is 0 Å². The van der Waals surface area contributed by atoms with Crippen molar-refractivity contribution in [3.05, 3.63) is 41.4 Å². The Morgan fingerprint density at radius 2 is 2.00 bits per heavy atom. The van der Waals surface area contributed by atoms with Gasteiger partial charge in [0.1, 0.15) is 28.6 Å². The summed E-state index contributed by atoms with van der Waals surface area (Å²) in [5.74, 6) is 1.64. The van der Waals surface area contributed by atoms with Gasteiger partial charge in [-0.25, -0.2) is 0 Å². The highest BCUT2D eigenvalue weighted by Gasteiger charge is 2.16. The van der Waals surface area contributed by atoms with Crippen LogP contribution in [0, 0.1) is 6.92 Å². The molecule has 4 aromatic rings. The van der Waals surface area contributed by atoms with E-state index in [1.54, 1.807) is 18.5 Å². The van der Waals surface area contributed by atoms with Crippen LogP contribution in [-0.2, 0) is 4.79 Å². The van der Waals surface area contributed by atoms with E-state index in [1.165, 1.54) is 26.0 Å². The third-order valence-electron chi connectivity index (χ3n) is 4.27. The Morgan fingerprint density at radius 1 is 1.21 bits per heavy atom. The molecule has 4 rings (SSSR count). The summed E-state index contributed by atoms with van der Waals surface area (Å²) in [7, 11) is 3.02. The lowest BCUT2D eigenvalue weighted by Crippen LogP contribution is -2.15. The summed E-state index contributed by atoms with van der Waals surface area (Å²) >= 11 is 7.43. The van der Waals surface area contributed by atoms with Crippen LogP contribution in [-0.4, -0.2) is 40.5 Å².